The van der Waals surface area contributed by atoms with Gasteiger partial charge in [-0.15, -0.1) is 11.3 Å². The molecular weight excluding hydrogens is 318 g/mol. The van der Waals surface area contributed by atoms with E-state index in [0.29, 0.717) is 6.42 Å². The molecule has 24 heavy (non-hydrogen) atoms. The van der Waals surface area contributed by atoms with E-state index in [1.54, 1.807) is 16.2 Å². The van der Waals surface area contributed by atoms with Crippen LogP contribution in [0.1, 0.15) is 29.2 Å². The molecule has 3 rings (SSSR count). The van der Waals surface area contributed by atoms with Gasteiger partial charge in [0.25, 0.3) is 0 Å². The van der Waals surface area contributed by atoms with Crippen LogP contribution in [0, 0.1) is 6.92 Å². The highest BCUT2D eigenvalue weighted by Crippen LogP contribution is 2.33. The topological polar surface area (TPSA) is 49.0 Å². The highest BCUT2D eigenvalue weighted by atomic mass is 32.1. The predicted molar refractivity (Wildman–Crippen MR) is 98.0 cm³/mol. The summed E-state index contributed by atoms with van der Waals surface area (Å²) in [5, 5.41) is 1.00. The lowest BCUT2D eigenvalue weighted by Crippen LogP contribution is -2.31. The zero-order valence-corrected chi connectivity index (χ0v) is 14.9. The number of aromatic amines is 1. The average molecular weight is 339 g/mol. The first kappa shape index (κ1) is 16.5. The van der Waals surface area contributed by atoms with E-state index >= 15 is 0 Å². The molecule has 0 saturated carbocycles. The zero-order valence-electron chi connectivity index (χ0n) is 14.1. The fourth-order valence-corrected chi connectivity index (χ4v) is 3.82. The van der Waals surface area contributed by atoms with Gasteiger partial charge in [-0.05, 0) is 26.0 Å². The molecule has 0 saturated heterocycles. The molecule has 0 spiro atoms. The molecule has 4 nitrogen and oxygen atoms in total. The Balaban J connectivity index is 1.78. The number of aromatic nitrogens is 2. The number of likely N-dealkylation sites (N-methyl/N-ethyl adjacent to an activating group) is 1. The van der Waals surface area contributed by atoms with Gasteiger partial charge in [0, 0.05) is 24.5 Å². The first-order valence-corrected chi connectivity index (χ1v) is 8.78. The maximum Gasteiger partial charge on any atom is 0.228 e. The molecule has 2 aromatic heterocycles. The van der Waals surface area contributed by atoms with Crippen LogP contribution in [0.4, 0.5) is 0 Å². The molecule has 0 fully saturated rings. The van der Waals surface area contributed by atoms with Crippen molar-refractivity contribution in [1.82, 2.24) is 14.9 Å². The number of hydrogen-bond donors (Lipinski definition) is 1. The quantitative estimate of drug-likeness (QED) is 0.757. The van der Waals surface area contributed by atoms with Gasteiger partial charge in [-0.3, -0.25) is 4.79 Å². The maximum atomic E-state index is 12.5. The van der Waals surface area contributed by atoms with Crippen molar-refractivity contribution in [2.24, 2.45) is 0 Å². The van der Waals surface area contributed by atoms with Crippen LogP contribution >= 0.6 is 11.3 Å². The lowest BCUT2D eigenvalue weighted by molar-refractivity contribution is -0.131. The molecule has 2 heterocycles. The molecule has 3 aromatic rings. The zero-order chi connectivity index (χ0) is 17.1. The van der Waals surface area contributed by atoms with Gasteiger partial charge in [0.15, 0.2) is 0 Å². The first-order chi connectivity index (χ1) is 11.6. The van der Waals surface area contributed by atoms with Crippen LogP contribution in [-0.4, -0.2) is 27.8 Å². The van der Waals surface area contributed by atoms with Crippen molar-refractivity contribution in [1.29, 1.82) is 0 Å². The van der Waals surface area contributed by atoms with Crippen molar-refractivity contribution in [3.63, 3.8) is 0 Å². The molecule has 1 N–H and O–H groups in total. The summed E-state index contributed by atoms with van der Waals surface area (Å²) in [6, 6.07) is 14.0. The van der Waals surface area contributed by atoms with Gasteiger partial charge in [0.1, 0.15) is 5.01 Å². The number of benzene rings is 1. The molecule has 0 aliphatic heterocycles. The van der Waals surface area contributed by atoms with Crippen molar-refractivity contribution >= 4 is 17.2 Å². The monoisotopic (exact) mass is 339 g/mol. The van der Waals surface area contributed by atoms with Gasteiger partial charge in [-0.1, -0.05) is 30.3 Å². The summed E-state index contributed by atoms with van der Waals surface area (Å²) in [5.41, 5.74) is 3.04. The third kappa shape index (κ3) is 3.41. The molecule has 1 aromatic carbocycles. The molecule has 0 radical (unpaired) electrons. The fraction of sp³-hybridized carbons (Fsp3) is 0.263. The van der Waals surface area contributed by atoms with Crippen molar-refractivity contribution in [2.75, 3.05) is 7.05 Å². The summed E-state index contributed by atoms with van der Waals surface area (Å²) in [6.45, 7) is 4.07. The third-order valence-corrected chi connectivity index (χ3v) is 5.59. The number of rotatable bonds is 5. The summed E-state index contributed by atoms with van der Waals surface area (Å²) in [5.74, 6) is 0.0963. The second-order valence-electron chi connectivity index (χ2n) is 5.89. The molecule has 0 aliphatic rings. The van der Waals surface area contributed by atoms with Crippen LogP contribution in [0.3, 0.4) is 0 Å². The lowest BCUT2D eigenvalue weighted by atomic mass is 10.2. The van der Waals surface area contributed by atoms with E-state index in [4.69, 9.17) is 4.98 Å². The summed E-state index contributed by atoms with van der Waals surface area (Å²) in [6.07, 6.45) is 2.22. The number of carbonyl (C=O) groups excluding carboxylic acids is 1. The van der Waals surface area contributed by atoms with E-state index in [1.807, 2.05) is 50.5 Å². The van der Waals surface area contributed by atoms with Crippen molar-refractivity contribution < 1.29 is 4.79 Å². The highest BCUT2D eigenvalue weighted by molar-refractivity contribution is 7.15. The highest BCUT2D eigenvalue weighted by Gasteiger charge is 2.22. The largest absolute Gasteiger partial charge is 0.365 e. The minimum absolute atomic E-state index is 0.00224. The van der Waals surface area contributed by atoms with Crippen LogP contribution < -0.4 is 0 Å². The van der Waals surface area contributed by atoms with Crippen LogP contribution in [0.5, 0.6) is 0 Å². The second kappa shape index (κ2) is 7.01. The van der Waals surface area contributed by atoms with Gasteiger partial charge in [0.2, 0.25) is 5.91 Å². The smallest absolute Gasteiger partial charge is 0.228 e. The van der Waals surface area contributed by atoms with E-state index in [9.17, 15) is 4.79 Å². The summed E-state index contributed by atoms with van der Waals surface area (Å²) < 4.78 is 0. The standard InChI is InChI=1S/C19H21N3OS/c1-13-18(24-19(21-13)15-8-5-4-6-9-15)14(2)22(3)17(23)12-16-10-7-11-20-16/h4-11,14,20H,12H2,1-3H3. The Hall–Kier alpha value is -2.40. The Labute approximate surface area is 146 Å². The average Bonchev–Trinajstić information content (AvgIpc) is 3.24. The Morgan fingerprint density at radius 1 is 1.25 bits per heavy atom. The number of thiazole rings is 1. The molecule has 1 atom stereocenters. The minimum atomic E-state index is 0.00224. The van der Waals surface area contributed by atoms with E-state index in [0.717, 1.165) is 26.8 Å². The lowest BCUT2D eigenvalue weighted by Gasteiger charge is -2.24. The summed E-state index contributed by atoms with van der Waals surface area (Å²) in [7, 11) is 1.86. The number of hydrogen-bond acceptors (Lipinski definition) is 3. The van der Waals surface area contributed by atoms with E-state index < -0.39 is 0 Å². The first-order valence-electron chi connectivity index (χ1n) is 7.97. The summed E-state index contributed by atoms with van der Waals surface area (Å²) in [4.78, 5) is 23.2. The van der Waals surface area contributed by atoms with Gasteiger partial charge in [-0.2, -0.15) is 0 Å². The molecule has 5 heteroatoms. The molecule has 1 amide bonds. The van der Waals surface area contributed by atoms with Crippen LogP contribution in [0.25, 0.3) is 10.6 Å². The Morgan fingerprint density at radius 2 is 2.00 bits per heavy atom. The van der Waals surface area contributed by atoms with E-state index in [-0.39, 0.29) is 11.9 Å². The maximum absolute atomic E-state index is 12.5. The van der Waals surface area contributed by atoms with Gasteiger partial charge in [-0.25, -0.2) is 4.98 Å². The van der Waals surface area contributed by atoms with E-state index in [1.165, 1.54) is 0 Å². The van der Waals surface area contributed by atoms with Gasteiger partial charge in [0.05, 0.1) is 23.0 Å². The fourth-order valence-electron chi connectivity index (χ4n) is 2.66. The minimum Gasteiger partial charge on any atom is -0.365 e. The van der Waals surface area contributed by atoms with Gasteiger partial charge < -0.3 is 9.88 Å². The number of nitrogens with zero attached hydrogens (tertiary/aromatic N) is 2. The van der Waals surface area contributed by atoms with Crippen LogP contribution in [0.2, 0.25) is 0 Å². The molecule has 124 valence electrons. The Kier molecular flexibility index (Phi) is 4.81. The van der Waals surface area contributed by atoms with E-state index in [2.05, 4.69) is 24.0 Å². The normalized spacial score (nSPS) is 12.1. The Bertz CT molecular complexity index is 809. The molecule has 1 unspecified atom stereocenters. The molecule has 0 aliphatic carbocycles. The number of carbonyl (C=O) groups is 1. The Morgan fingerprint density at radius 3 is 2.67 bits per heavy atom. The second-order valence-corrected chi connectivity index (χ2v) is 6.92. The third-order valence-electron chi connectivity index (χ3n) is 4.21. The number of aryl methyl sites for hydroxylation is 1. The molecule has 0 bridgehead atoms. The molecular formula is C19H21N3OS. The predicted octanol–water partition coefficient (Wildman–Crippen LogP) is 4.21. The van der Waals surface area contributed by atoms with Crippen LogP contribution in [-0.2, 0) is 11.2 Å². The van der Waals surface area contributed by atoms with Crippen molar-refractivity contribution in [3.05, 3.63) is 64.9 Å². The number of nitrogens with one attached hydrogen (secondary N) is 1. The van der Waals surface area contributed by atoms with Crippen LogP contribution in [0.15, 0.2) is 48.7 Å². The van der Waals surface area contributed by atoms with Gasteiger partial charge >= 0.3 is 0 Å². The SMILES string of the molecule is Cc1nc(-c2ccccc2)sc1C(C)N(C)C(=O)Cc1ccc[nH]1. The number of H-pyrrole nitrogens is 1. The summed E-state index contributed by atoms with van der Waals surface area (Å²) >= 11 is 1.66. The number of amides is 1. The van der Waals surface area contributed by atoms with Crippen molar-refractivity contribution in [3.8, 4) is 10.6 Å². The van der Waals surface area contributed by atoms with Crippen molar-refractivity contribution in [2.45, 2.75) is 26.3 Å².